The number of aromatic nitrogens is 1. The number of nitrogens with two attached hydrogens (primary N) is 1. The normalized spacial score (nSPS) is 10.4. The van der Waals surface area contributed by atoms with Crippen LogP contribution in [0.25, 0.3) is 0 Å². The highest BCUT2D eigenvalue weighted by molar-refractivity contribution is 6.07. The smallest absolute Gasteiger partial charge is 0.259 e. The molecule has 21 heavy (non-hydrogen) atoms. The average molecular weight is 283 g/mol. The van der Waals surface area contributed by atoms with E-state index >= 15 is 0 Å². The van der Waals surface area contributed by atoms with Gasteiger partial charge in [0.05, 0.1) is 5.56 Å². The van der Waals surface area contributed by atoms with Gasteiger partial charge in [-0.2, -0.15) is 0 Å². The number of nitrogens with zero attached hydrogens (tertiary/aromatic N) is 1. The zero-order valence-corrected chi connectivity index (χ0v) is 12.5. The van der Waals surface area contributed by atoms with Crippen molar-refractivity contribution in [3.63, 3.8) is 0 Å². The molecule has 0 fully saturated rings. The summed E-state index contributed by atoms with van der Waals surface area (Å²) in [5, 5.41) is 2.88. The summed E-state index contributed by atoms with van der Waals surface area (Å²) < 4.78 is 0. The van der Waals surface area contributed by atoms with Gasteiger partial charge in [-0.3, -0.25) is 4.79 Å². The summed E-state index contributed by atoms with van der Waals surface area (Å²) in [5.41, 5.74) is 9.01. The van der Waals surface area contributed by atoms with Gasteiger partial charge in [-0.25, -0.2) is 4.98 Å². The van der Waals surface area contributed by atoms with Crippen LogP contribution in [0.15, 0.2) is 36.4 Å². The van der Waals surface area contributed by atoms with Crippen LogP contribution in [0.3, 0.4) is 0 Å². The summed E-state index contributed by atoms with van der Waals surface area (Å²) in [4.78, 5) is 16.4. The molecule has 1 aromatic heterocycles. The Morgan fingerprint density at radius 3 is 2.81 bits per heavy atom. The SMILES string of the molecule is CCCCc1cccc(NC(=O)c2ccc(C)nc2N)c1. The van der Waals surface area contributed by atoms with Crippen LogP contribution >= 0.6 is 0 Å². The summed E-state index contributed by atoms with van der Waals surface area (Å²) in [7, 11) is 0. The molecule has 1 heterocycles. The van der Waals surface area contributed by atoms with Crippen molar-refractivity contribution in [3.8, 4) is 0 Å². The van der Waals surface area contributed by atoms with Crippen molar-refractivity contribution >= 4 is 17.4 Å². The van der Waals surface area contributed by atoms with E-state index in [-0.39, 0.29) is 11.7 Å². The highest BCUT2D eigenvalue weighted by Crippen LogP contribution is 2.16. The topological polar surface area (TPSA) is 68.0 Å². The van der Waals surface area contributed by atoms with Crippen molar-refractivity contribution in [1.29, 1.82) is 0 Å². The van der Waals surface area contributed by atoms with Crippen LogP contribution in [0.5, 0.6) is 0 Å². The summed E-state index contributed by atoms with van der Waals surface area (Å²) in [6, 6.07) is 11.4. The van der Waals surface area contributed by atoms with Gasteiger partial charge < -0.3 is 11.1 Å². The molecule has 0 saturated heterocycles. The standard InChI is InChI=1S/C17H21N3O/c1-3-4-6-13-7-5-8-14(11-13)20-17(21)15-10-9-12(2)19-16(15)18/h5,7-11H,3-4,6H2,1-2H3,(H2,18,19)(H,20,21). The van der Waals surface area contributed by atoms with Crippen LogP contribution in [0.2, 0.25) is 0 Å². The Balaban J connectivity index is 2.12. The maximum Gasteiger partial charge on any atom is 0.259 e. The summed E-state index contributed by atoms with van der Waals surface area (Å²) in [6.45, 7) is 4.01. The third kappa shape index (κ3) is 4.05. The molecule has 2 rings (SSSR count). The first kappa shape index (κ1) is 15.0. The summed E-state index contributed by atoms with van der Waals surface area (Å²) in [6.07, 6.45) is 3.32. The number of carbonyl (C=O) groups is 1. The molecule has 0 spiro atoms. The number of amides is 1. The summed E-state index contributed by atoms with van der Waals surface area (Å²) >= 11 is 0. The van der Waals surface area contributed by atoms with Crippen LogP contribution in [0.1, 0.15) is 41.4 Å². The Hall–Kier alpha value is -2.36. The number of nitrogens with one attached hydrogen (secondary N) is 1. The molecule has 3 N–H and O–H groups in total. The Labute approximate surface area is 125 Å². The molecule has 0 aliphatic heterocycles. The average Bonchev–Trinajstić information content (AvgIpc) is 2.45. The van der Waals surface area contributed by atoms with Crippen molar-refractivity contribution < 1.29 is 4.79 Å². The molecule has 0 bridgehead atoms. The third-order valence-corrected chi connectivity index (χ3v) is 3.31. The van der Waals surface area contributed by atoms with E-state index in [0.717, 1.165) is 30.6 Å². The van der Waals surface area contributed by atoms with Crippen molar-refractivity contribution in [2.24, 2.45) is 0 Å². The number of pyridine rings is 1. The van der Waals surface area contributed by atoms with E-state index in [1.54, 1.807) is 12.1 Å². The van der Waals surface area contributed by atoms with E-state index in [9.17, 15) is 4.79 Å². The number of aryl methyl sites for hydroxylation is 2. The van der Waals surface area contributed by atoms with Gasteiger partial charge in [0.1, 0.15) is 5.82 Å². The van der Waals surface area contributed by atoms with Crippen LogP contribution < -0.4 is 11.1 Å². The lowest BCUT2D eigenvalue weighted by Crippen LogP contribution is -2.15. The van der Waals surface area contributed by atoms with Gasteiger partial charge in [0.15, 0.2) is 0 Å². The monoisotopic (exact) mass is 283 g/mol. The number of nitrogen functional groups attached to an aromatic ring is 1. The second-order valence-corrected chi connectivity index (χ2v) is 5.14. The highest BCUT2D eigenvalue weighted by atomic mass is 16.1. The molecule has 4 heteroatoms. The molecule has 2 aromatic rings. The maximum absolute atomic E-state index is 12.2. The Morgan fingerprint density at radius 1 is 1.29 bits per heavy atom. The van der Waals surface area contributed by atoms with E-state index in [1.807, 2.05) is 25.1 Å². The largest absolute Gasteiger partial charge is 0.383 e. The molecule has 0 radical (unpaired) electrons. The van der Waals surface area contributed by atoms with Crippen LogP contribution in [-0.4, -0.2) is 10.9 Å². The van der Waals surface area contributed by atoms with Gasteiger partial charge >= 0.3 is 0 Å². The molecule has 1 aromatic carbocycles. The first-order valence-electron chi connectivity index (χ1n) is 7.23. The molecular formula is C17H21N3O. The molecule has 0 saturated carbocycles. The Kier molecular flexibility index (Phi) is 4.93. The Morgan fingerprint density at radius 2 is 2.10 bits per heavy atom. The molecule has 4 nitrogen and oxygen atoms in total. The molecule has 0 aliphatic carbocycles. The first-order valence-corrected chi connectivity index (χ1v) is 7.23. The lowest BCUT2D eigenvalue weighted by Gasteiger charge is -2.09. The molecule has 0 aliphatic rings. The van der Waals surface area contributed by atoms with E-state index in [1.165, 1.54) is 5.56 Å². The minimum atomic E-state index is -0.229. The zero-order chi connectivity index (χ0) is 15.2. The van der Waals surface area contributed by atoms with Crippen molar-refractivity contribution in [1.82, 2.24) is 4.98 Å². The maximum atomic E-state index is 12.2. The molecular weight excluding hydrogens is 262 g/mol. The van der Waals surface area contributed by atoms with Gasteiger partial charge in [-0.15, -0.1) is 0 Å². The van der Waals surface area contributed by atoms with Crippen molar-refractivity contribution in [2.75, 3.05) is 11.1 Å². The molecule has 1 amide bonds. The van der Waals surface area contributed by atoms with Crippen LogP contribution in [-0.2, 0) is 6.42 Å². The van der Waals surface area contributed by atoms with Gasteiger partial charge in [-0.05, 0) is 49.6 Å². The predicted molar refractivity (Wildman–Crippen MR) is 86.4 cm³/mol. The third-order valence-electron chi connectivity index (χ3n) is 3.31. The quantitative estimate of drug-likeness (QED) is 0.881. The van der Waals surface area contributed by atoms with Crippen molar-refractivity contribution in [3.05, 3.63) is 53.2 Å². The number of benzene rings is 1. The molecule has 110 valence electrons. The van der Waals surface area contributed by atoms with Gasteiger partial charge in [0.25, 0.3) is 5.91 Å². The Bertz CT molecular complexity index is 638. The number of hydrogen-bond acceptors (Lipinski definition) is 3. The van der Waals surface area contributed by atoms with E-state index in [4.69, 9.17) is 5.73 Å². The lowest BCUT2D eigenvalue weighted by atomic mass is 10.1. The molecule has 0 unspecified atom stereocenters. The second kappa shape index (κ2) is 6.88. The number of rotatable bonds is 5. The lowest BCUT2D eigenvalue weighted by molar-refractivity contribution is 0.102. The van der Waals surface area contributed by atoms with E-state index < -0.39 is 0 Å². The zero-order valence-electron chi connectivity index (χ0n) is 12.5. The summed E-state index contributed by atoms with van der Waals surface area (Å²) in [5.74, 6) is 0.0299. The second-order valence-electron chi connectivity index (χ2n) is 5.14. The fourth-order valence-corrected chi connectivity index (χ4v) is 2.15. The first-order chi connectivity index (χ1) is 10.1. The minimum absolute atomic E-state index is 0.229. The van der Waals surface area contributed by atoms with Crippen molar-refractivity contribution in [2.45, 2.75) is 33.1 Å². The fraction of sp³-hybridized carbons (Fsp3) is 0.294. The number of unbranched alkanes of at least 4 members (excludes halogenated alkanes) is 1. The van der Waals surface area contributed by atoms with Gasteiger partial charge in [-0.1, -0.05) is 25.5 Å². The fourth-order valence-electron chi connectivity index (χ4n) is 2.15. The van der Waals surface area contributed by atoms with E-state index in [0.29, 0.717) is 5.56 Å². The molecule has 0 atom stereocenters. The van der Waals surface area contributed by atoms with E-state index in [2.05, 4.69) is 23.3 Å². The van der Waals surface area contributed by atoms with Gasteiger partial charge in [0.2, 0.25) is 0 Å². The highest BCUT2D eigenvalue weighted by Gasteiger charge is 2.11. The van der Waals surface area contributed by atoms with Crippen LogP contribution in [0.4, 0.5) is 11.5 Å². The number of hydrogen-bond donors (Lipinski definition) is 2. The predicted octanol–water partition coefficient (Wildman–Crippen LogP) is 3.57. The number of anilines is 2. The minimum Gasteiger partial charge on any atom is -0.383 e. The van der Waals surface area contributed by atoms with Crippen LogP contribution in [0, 0.1) is 6.92 Å². The number of carbonyl (C=O) groups excluding carboxylic acids is 1. The van der Waals surface area contributed by atoms with Gasteiger partial charge in [0, 0.05) is 11.4 Å².